The summed E-state index contributed by atoms with van der Waals surface area (Å²) in [6, 6.07) is 12.3. The van der Waals surface area contributed by atoms with E-state index in [-0.39, 0.29) is 17.5 Å². The molecular formula is C17H17N3O2S2. The van der Waals surface area contributed by atoms with Crippen LogP contribution in [0.15, 0.2) is 42.7 Å². The van der Waals surface area contributed by atoms with Crippen molar-refractivity contribution in [1.29, 1.82) is 0 Å². The lowest BCUT2D eigenvalue weighted by Gasteiger charge is -2.24. The number of nitrogens with zero attached hydrogens (tertiary/aromatic N) is 3. The number of benzene rings is 1. The molecule has 0 spiro atoms. The van der Waals surface area contributed by atoms with Crippen LogP contribution in [0.4, 0.5) is 5.82 Å². The topological polar surface area (TPSA) is 63.2 Å². The zero-order valence-electron chi connectivity index (χ0n) is 13.2. The van der Waals surface area contributed by atoms with Crippen LogP contribution >= 0.6 is 11.3 Å². The summed E-state index contributed by atoms with van der Waals surface area (Å²) in [7, 11) is -0.998. The number of fused-ring (bicyclic) bond motifs is 1. The largest absolute Gasteiger partial charge is 0.355 e. The summed E-state index contributed by atoms with van der Waals surface area (Å²) in [5, 5.41) is 0.980. The lowest BCUT2D eigenvalue weighted by atomic mass is 10.1. The van der Waals surface area contributed by atoms with Gasteiger partial charge in [0.05, 0.1) is 16.9 Å². The molecular weight excluding hydrogens is 342 g/mol. The van der Waals surface area contributed by atoms with Gasteiger partial charge in [0.1, 0.15) is 17.0 Å². The van der Waals surface area contributed by atoms with Gasteiger partial charge in [-0.3, -0.25) is 0 Å². The van der Waals surface area contributed by atoms with Crippen LogP contribution in [0.2, 0.25) is 0 Å². The van der Waals surface area contributed by atoms with Gasteiger partial charge in [-0.1, -0.05) is 30.3 Å². The van der Waals surface area contributed by atoms with Crippen LogP contribution in [0.5, 0.6) is 0 Å². The minimum atomic E-state index is -2.92. The fourth-order valence-corrected chi connectivity index (χ4v) is 5.90. The molecule has 3 heterocycles. The van der Waals surface area contributed by atoms with Crippen molar-refractivity contribution < 1.29 is 8.42 Å². The molecule has 1 atom stereocenters. The van der Waals surface area contributed by atoms with Crippen molar-refractivity contribution in [2.24, 2.45) is 0 Å². The number of rotatable bonds is 3. The maximum atomic E-state index is 11.8. The van der Waals surface area contributed by atoms with Crippen LogP contribution in [0.1, 0.15) is 6.42 Å². The number of anilines is 1. The van der Waals surface area contributed by atoms with Gasteiger partial charge >= 0.3 is 0 Å². The lowest BCUT2D eigenvalue weighted by molar-refractivity contribution is 0.600. The zero-order valence-corrected chi connectivity index (χ0v) is 14.8. The fourth-order valence-electron chi connectivity index (χ4n) is 3.12. The van der Waals surface area contributed by atoms with Gasteiger partial charge in [-0.05, 0) is 18.1 Å². The third-order valence-corrected chi connectivity index (χ3v) is 7.30. The van der Waals surface area contributed by atoms with E-state index >= 15 is 0 Å². The van der Waals surface area contributed by atoms with E-state index in [2.05, 4.69) is 28.2 Å². The highest BCUT2D eigenvalue weighted by Gasteiger charge is 2.32. The van der Waals surface area contributed by atoms with Gasteiger partial charge in [-0.25, -0.2) is 18.4 Å². The zero-order chi connectivity index (χ0) is 16.7. The van der Waals surface area contributed by atoms with E-state index in [4.69, 9.17) is 0 Å². The maximum absolute atomic E-state index is 11.8. The van der Waals surface area contributed by atoms with Crippen molar-refractivity contribution >= 4 is 37.2 Å². The summed E-state index contributed by atoms with van der Waals surface area (Å²) in [5.41, 5.74) is 1.15. The molecule has 0 aliphatic carbocycles. The number of hydrogen-bond acceptors (Lipinski definition) is 6. The summed E-state index contributed by atoms with van der Waals surface area (Å²) in [4.78, 5) is 12.9. The van der Waals surface area contributed by atoms with Gasteiger partial charge in [-0.15, -0.1) is 11.3 Å². The Balaban J connectivity index is 1.75. The van der Waals surface area contributed by atoms with E-state index in [0.717, 1.165) is 26.5 Å². The monoisotopic (exact) mass is 359 g/mol. The van der Waals surface area contributed by atoms with Gasteiger partial charge in [0, 0.05) is 18.0 Å². The average molecular weight is 359 g/mol. The van der Waals surface area contributed by atoms with E-state index in [0.29, 0.717) is 6.42 Å². The van der Waals surface area contributed by atoms with Crippen LogP contribution in [-0.2, 0) is 9.84 Å². The van der Waals surface area contributed by atoms with E-state index < -0.39 is 9.84 Å². The standard InChI is InChI=1S/C17H17N3O2S2/c1-20(13-7-8-24(21,22)10-13)16-14-9-15(12-5-3-2-4-6-12)23-17(14)19-11-18-16/h2-6,9,11,13H,7-8,10H2,1H3. The minimum absolute atomic E-state index is 0.0202. The molecule has 4 rings (SSSR count). The molecule has 0 bridgehead atoms. The van der Waals surface area contributed by atoms with Gasteiger partial charge < -0.3 is 4.90 Å². The molecule has 1 aliphatic rings. The molecule has 124 valence electrons. The second kappa shape index (κ2) is 5.82. The Hall–Kier alpha value is -1.99. The lowest BCUT2D eigenvalue weighted by Crippen LogP contribution is -2.33. The number of aromatic nitrogens is 2. The third kappa shape index (κ3) is 2.78. The highest BCUT2D eigenvalue weighted by Crippen LogP contribution is 2.36. The highest BCUT2D eigenvalue weighted by molar-refractivity contribution is 7.91. The molecule has 2 aromatic heterocycles. The molecule has 0 radical (unpaired) electrons. The molecule has 0 amide bonds. The quantitative estimate of drug-likeness (QED) is 0.719. The molecule has 0 N–H and O–H groups in total. The van der Waals surface area contributed by atoms with E-state index in [9.17, 15) is 8.42 Å². The fraction of sp³-hybridized carbons (Fsp3) is 0.294. The van der Waals surface area contributed by atoms with Gasteiger partial charge in [-0.2, -0.15) is 0 Å². The van der Waals surface area contributed by atoms with Gasteiger partial charge in [0.15, 0.2) is 9.84 Å². The van der Waals surface area contributed by atoms with E-state index in [1.165, 1.54) is 0 Å². The van der Waals surface area contributed by atoms with Crippen LogP contribution < -0.4 is 4.90 Å². The molecule has 3 aromatic rings. The summed E-state index contributed by atoms with van der Waals surface area (Å²) in [6.45, 7) is 0. The van der Waals surface area contributed by atoms with Crippen LogP contribution in [0, 0.1) is 0 Å². The molecule has 24 heavy (non-hydrogen) atoms. The van der Waals surface area contributed by atoms with Gasteiger partial charge in [0.25, 0.3) is 0 Å². The van der Waals surface area contributed by atoms with Crippen molar-refractivity contribution in [2.45, 2.75) is 12.5 Å². The van der Waals surface area contributed by atoms with Crippen molar-refractivity contribution in [1.82, 2.24) is 9.97 Å². The first-order valence-corrected chi connectivity index (χ1v) is 10.4. The predicted octanol–water partition coefficient (Wildman–Crippen LogP) is 2.98. The Morgan fingerprint density at radius 2 is 2.00 bits per heavy atom. The molecule has 1 fully saturated rings. The normalized spacial score (nSPS) is 19.6. The molecule has 5 nitrogen and oxygen atoms in total. The Kier molecular flexibility index (Phi) is 3.77. The number of hydrogen-bond donors (Lipinski definition) is 0. The van der Waals surface area contributed by atoms with Crippen molar-refractivity contribution in [3.05, 3.63) is 42.7 Å². The van der Waals surface area contributed by atoms with Crippen LogP contribution in [-0.4, -0.2) is 43.0 Å². The van der Waals surface area contributed by atoms with E-state index in [1.54, 1.807) is 17.7 Å². The second-order valence-corrected chi connectivity index (χ2v) is 9.32. The molecule has 1 aromatic carbocycles. The molecule has 0 saturated carbocycles. The summed E-state index contributed by atoms with van der Waals surface area (Å²) in [6.07, 6.45) is 2.21. The summed E-state index contributed by atoms with van der Waals surface area (Å²) < 4.78 is 23.5. The second-order valence-electron chi connectivity index (χ2n) is 6.06. The maximum Gasteiger partial charge on any atom is 0.152 e. The van der Waals surface area contributed by atoms with Crippen molar-refractivity contribution in [2.75, 3.05) is 23.5 Å². The van der Waals surface area contributed by atoms with Crippen molar-refractivity contribution in [3.63, 3.8) is 0 Å². The SMILES string of the molecule is CN(c1ncnc2sc(-c3ccccc3)cc12)C1CCS(=O)(=O)C1. The van der Waals surface area contributed by atoms with Crippen LogP contribution in [0.25, 0.3) is 20.7 Å². The molecule has 1 unspecified atom stereocenters. The summed E-state index contributed by atoms with van der Waals surface area (Å²) in [5.74, 6) is 1.26. The first-order valence-electron chi connectivity index (χ1n) is 7.77. The third-order valence-electron chi connectivity index (χ3n) is 4.46. The van der Waals surface area contributed by atoms with Crippen LogP contribution in [0.3, 0.4) is 0 Å². The Labute approximate surface area is 144 Å². The first kappa shape index (κ1) is 15.5. The molecule has 7 heteroatoms. The molecule has 1 saturated heterocycles. The minimum Gasteiger partial charge on any atom is -0.355 e. The summed E-state index contributed by atoms with van der Waals surface area (Å²) >= 11 is 1.63. The molecule has 1 aliphatic heterocycles. The first-order chi connectivity index (χ1) is 11.5. The Bertz CT molecular complexity index is 983. The highest BCUT2D eigenvalue weighted by atomic mass is 32.2. The Morgan fingerprint density at radius 3 is 2.71 bits per heavy atom. The average Bonchev–Trinajstić information content (AvgIpc) is 3.17. The predicted molar refractivity (Wildman–Crippen MR) is 98.3 cm³/mol. The smallest absolute Gasteiger partial charge is 0.152 e. The van der Waals surface area contributed by atoms with Crippen molar-refractivity contribution in [3.8, 4) is 10.4 Å². The van der Waals surface area contributed by atoms with E-state index in [1.807, 2.05) is 30.1 Å². The number of thiophene rings is 1. The Morgan fingerprint density at radius 1 is 1.21 bits per heavy atom. The van der Waals surface area contributed by atoms with Gasteiger partial charge in [0.2, 0.25) is 0 Å². The number of sulfone groups is 1.